The first-order chi connectivity index (χ1) is 13.1. The summed E-state index contributed by atoms with van der Waals surface area (Å²) in [5.41, 5.74) is 0.0850. The van der Waals surface area contributed by atoms with Crippen molar-refractivity contribution in [1.29, 1.82) is 0 Å². The Labute approximate surface area is 174 Å². The molecule has 2 heterocycles. The van der Waals surface area contributed by atoms with Gasteiger partial charge in [-0.1, -0.05) is 40.7 Å². The van der Waals surface area contributed by atoms with E-state index in [2.05, 4.69) is 22.5 Å². The van der Waals surface area contributed by atoms with Crippen molar-refractivity contribution in [3.8, 4) is 5.75 Å². The summed E-state index contributed by atoms with van der Waals surface area (Å²) in [7, 11) is 0. The van der Waals surface area contributed by atoms with Crippen LogP contribution in [0.25, 0.3) is 0 Å². The molecule has 0 saturated carbocycles. The second-order valence-corrected chi connectivity index (χ2v) is 10.2. The van der Waals surface area contributed by atoms with E-state index >= 15 is 0 Å². The quantitative estimate of drug-likeness (QED) is 0.215. The van der Waals surface area contributed by atoms with Crippen molar-refractivity contribution in [2.45, 2.75) is 40.4 Å². The van der Waals surface area contributed by atoms with Gasteiger partial charge in [-0.15, -0.1) is 11.8 Å². The number of Topliss-reactive ketones (excluding diaryl/α,β-unsaturated/α-hetero) is 1. The van der Waals surface area contributed by atoms with E-state index in [1.807, 2.05) is 0 Å². The SMILES string of the molecule is C=CCOC(=O)[C@@H]1N2C(=O)C(Br)(C(O)C(=O)c3cccc(O)c3)[C@H]2SC1(C)C. The maximum absolute atomic E-state index is 13.0. The van der Waals surface area contributed by atoms with Crippen LogP contribution in [0.4, 0.5) is 0 Å². The molecule has 0 bridgehead atoms. The Kier molecular flexibility index (Phi) is 5.37. The van der Waals surface area contributed by atoms with Gasteiger partial charge in [-0.25, -0.2) is 4.79 Å². The molecule has 2 saturated heterocycles. The second-order valence-electron chi connectivity index (χ2n) is 7.19. The van der Waals surface area contributed by atoms with Crippen molar-refractivity contribution in [2.75, 3.05) is 6.61 Å². The molecule has 0 aromatic heterocycles. The number of phenols is 1. The highest BCUT2D eigenvalue weighted by Crippen LogP contribution is 2.59. The number of aromatic hydroxyl groups is 1. The maximum Gasteiger partial charge on any atom is 0.330 e. The molecule has 3 rings (SSSR count). The molecule has 2 aliphatic heterocycles. The predicted molar refractivity (Wildman–Crippen MR) is 107 cm³/mol. The number of thioether (sulfide) groups is 1. The minimum absolute atomic E-state index is 0.0286. The Bertz CT molecular complexity index is 859. The van der Waals surface area contributed by atoms with Gasteiger partial charge in [-0.05, 0) is 26.0 Å². The number of rotatable bonds is 6. The standard InChI is InChI=1S/C19H20BrNO6S/c1-4-8-27-15(25)13-18(2,3)28-17-19(20,16(26)21(13)17)14(24)12(23)10-6-5-7-11(22)9-10/h4-7,9,13-14,17,22,24H,1,8H2,2-3H3/t13-,14?,17+,19?/m0/s1. The molecule has 28 heavy (non-hydrogen) atoms. The van der Waals surface area contributed by atoms with Crippen LogP contribution in [-0.2, 0) is 14.3 Å². The highest BCUT2D eigenvalue weighted by atomic mass is 79.9. The average molecular weight is 470 g/mol. The Balaban J connectivity index is 1.87. The van der Waals surface area contributed by atoms with Gasteiger partial charge in [0.15, 0.2) is 10.1 Å². The number of carbonyl (C=O) groups excluding carboxylic acids is 3. The number of aliphatic hydroxyl groups excluding tert-OH is 1. The lowest BCUT2D eigenvalue weighted by molar-refractivity contribution is -0.166. The molecule has 9 heteroatoms. The van der Waals surface area contributed by atoms with E-state index in [9.17, 15) is 24.6 Å². The third kappa shape index (κ3) is 3.05. The molecule has 2 aliphatic rings. The number of benzene rings is 1. The largest absolute Gasteiger partial charge is 0.508 e. The van der Waals surface area contributed by atoms with Crippen LogP contribution in [-0.4, -0.2) is 66.0 Å². The summed E-state index contributed by atoms with van der Waals surface area (Å²) in [6.45, 7) is 7.14. The Morgan fingerprint density at radius 2 is 2.14 bits per heavy atom. The lowest BCUT2D eigenvalue weighted by Gasteiger charge is -2.51. The van der Waals surface area contributed by atoms with Gasteiger partial charge < -0.3 is 19.8 Å². The molecule has 7 nitrogen and oxygen atoms in total. The zero-order chi connectivity index (χ0) is 20.9. The molecule has 4 atom stereocenters. The fourth-order valence-electron chi connectivity index (χ4n) is 3.51. The molecule has 0 spiro atoms. The highest BCUT2D eigenvalue weighted by Gasteiger charge is 2.74. The van der Waals surface area contributed by atoms with Gasteiger partial charge in [0.1, 0.15) is 29.9 Å². The molecule has 1 aromatic rings. The second kappa shape index (κ2) is 7.20. The first-order valence-electron chi connectivity index (χ1n) is 8.54. The number of esters is 1. The average Bonchev–Trinajstić information content (AvgIpc) is 2.93. The predicted octanol–water partition coefficient (Wildman–Crippen LogP) is 1.86. The fraction of sp³-hybridized carbons (Fsp3) is 0.421. The van der Waals surface area contributed by atoms with Crippen LogP contribution in [0.3, 0.4) is 0 Å². The Hall–Kier alpha value is -1.84. The number of nitrogens with zero attached hydrogens (tertiary/aromatic N) is 1. The number of hydrogen-bond acceptors (Lipinski definition) is 7. The first-order valence-corrected chi connectivity index (χ1v) is 10.2. The lowest BCUT2D eigenvalue weighted by atomic mass is 9.84. The van der Waals surface area contributed by atoms with Crippen molar-refractivity contribution >= 4 is 45.4 Å². The van der Waals surface area contributed by atoms with E-state index in [0.29, 0.717) is 0 Å². The van der Waals surface area contributed by atoms with Crippen molar-refractivity contribution in [3.05, 3.63) is 42.5 Å². The maximum atomic E-state index is 13.0. The summed E-state index contributed by atoms with van der Waals surface area (Å²) in [5.74, 6) is -1.93. The van der Waals surface area contributed by atoms with Crippen molar-refractivity contribution in [3.63, 3.8) is 0 Å². The number of fused-ring (bicyclic) bond motifs is 1. The molecule has 150 valence electrons. The van der Waals surface area contributed by atoms with Crippen LogP contribution in [0.2, 0.25) is 0 Å². The van der Waals surface area contributed by atoms with E-state index < -0.39 is 44.3 Å². The van der Waals surface area contributed by atoms with Crippen LogP contribution in [0.15, 0.2) is 36.9 Å². The number of hydrogen-bond donors (Lipinski definition) is 2. The number of amides is 1. The summed E-state index contributed by atoms with van der Waals surface area (Å²) >= 11 is 4.60. The number of phenolic OH excluding ortho intramolecular Hbond substituents is 1. The number of ketones is 1. The summed E-state index contributed by atoms with van der Waals surface area (Å²) in [5, 5.41) is 19.7. The number of alkyl halides is 1. The molecule has 1 amide bonds. The summed E-state index contributed by atoms with van der Waals surface area (Å²) in [6.07, 6.45) is -0.246. The van der Waals surface area contributed by atoms with Crippen LogP contribution < -0.4 is 0 Å². The Morgan fingerprint density at radius 1 is 1.46 bits per heavy atom. The van der Waals surface area contributed by atoms with Gasteiger partial charge in [0.25, 0.3) is 0 Å². The van der Waals surface area contributed by atoms with Crippen LogP contribution >= 0.6 is 27.7 Å². The Morgan fingerprint density at radius 3 is 2.75 bits per heavy atom. The topological polar surface area (TPSA) is 104 Å². The smallest absolute Gasteiger partial charge is 0.330 e. The summed E-state index contributed by atoms with van der Waals surface area (Å²) < 4.78 is 2.89. The molecule has 0 radical (unpaired) electrons. The zero-order valence-corrected chi connectivity index (χ0v) is 17.7. The molecule has 2 unspecified atom stereocenters. The summed E-state index contributed by atoms with van der Waals surface area (Å²) in [6, 6.07) is 4.71. The fourth-order valence-corrected chi connectivity index (χ4v) is 6.07. The van der Waals surface area contributed by atoms with Crippen molar-refractivity contribution < 1.29 is 29.3 Å². The number of β-lactam (4-membered cyclic amide) rings is 1. The minimum atomic E-state index is -1.69. The van der Waals surface area contributed by atoms with Crippen LogP contribution in [0.1, 0.15) is 24.2 Å². The normalized spacial score (nSPS) is 28.9. The van der Waals surface area contributed by atoms with Gasteiger partial charge in [-0.3, -0.25) is 9.59 Å². The van der Waals surface area contributed by atoms with Crippen molar-refractivity contribution in [1.82, 2.24) is 4.90 Å². The van der Waals surface area contributed by atoms with Crippen molar-refractivity contribution in [2.24, 2.45) is 0 Å². The molecule has 0 aliphatic carbocycles. The third-order valence-corrected chi connectivity index (χ3v) is 8.03. The molecule has 2 N–H and O–H groups in total. The van der Waals surface area contributed by atoms with E-state index in [4.69, 9.17) is 4.74 Å². The van der Waals surface area contributed by atoms with Gasteiger partial charge >= 0.3 is 5.97 Å². The highest BCUT2D eigenvalue weighted by molar-refractivity contribution is 9.10. The molecular formula is C19H20BrNO6S. The van der Waals surface area contributed by atoms with E-state index in [-0.39, 0.29) is 17.9 Å². The van der Waals surface area contributed by atoms with E-state index in [1.54, 1.807) is 13.8 Å². The number of carbonyl (C=O) groups is 3. The van der Waals surface area contributed by atoms with Gasteiger partial charge in [0.2, 0.25) is 5.91 Å². The van der Waals surface area contributed by atoms with Crippen LogP contribution in [0, 0.1) is 0 Å². The number of aliphatic hydroxyl groups is 1. The minimum Gasteiger partial charge on any atom is -0.508 e. The van der Waals surface area contributed by atoms with Gasteiger partial charge in [0.05, 0.1) is 0 Å². The monoisotopic (exact) mass is 469 g/mol. The first kappa shape index (κ1) is 20.9. The third-order valence-electron chi connectivity index (χ3n) is 4.87. The zero-order valence-electron chi connectivity index (χ0n) is 15.3. The molecule has 2 fully saturated rings. The lowest BCUT2D eigenvalue weighted by Crippen LogP contribution is -2.75. The summed E-state index contributed by atoms with van der Waals surface area (Å²) in [4.78, 5) is 39.5. The van der Waals surface area contributed by atoms with Crippen LogP contribution in [0.5, 0.6) is 5.75 Å². The number of ether oxygens (including phenoxy) is 1. The van der Waals surface area contributed by atoms with Gasteiger partial charge in [-0.2, -0.15) is 0 Å². The molecule has 1 aromatic carbocycles. The number of halogens is 1. The van der Waals surface area contributed by atoms with E-state index in [0.717, 1.165) is 0 Å². The van der Waals surface area contributed by atoms with Gasteiger partial charge in [0, 0.05) is 10.3 Å². The molecular weight excluding hydrogens is 450 g/mol. The van der Waals surface area contributed by atoms with E-state index in [1.165, 1.54) is 47.0 Å².